The molecule has 0 aliphatic heterocycles. The van der Waals surface area contributed by atoms with Gasteiger partial charge in [0, 0.05) is 34.8 Å². The number of azide groups is 1. The largest absolute Gasteiger partial charge is 0.398 e. The molecule has 0 fully saturated rings. The number of hydrogen-bond donors (Lipinski definition) is 1. The maximum atomic E-state index is 10.5. The molecule has 82 valence electrons. The van der Waals surface area contributed by atoms with Crippen molar-refractivity contribution < 1.29 is 4.92 Å². The molecule has 0 aliphatic rings. The van der Waals surface area contributed by atoms with Crippen LogP contribution in [-0.4, -0.2) is 11.5 Å². The molecule has 0 radical (unpaired) electrons. The van der Waals surface area contributed by atoms with Crippen LogP contribution in [-0.2, 0) is 0 Å². The van der Waals surface area contributed by atoms with Gasteiger partial charge in [-0.15, -0.1) is 0 Å². The van der Waals surface area contributed by atoms with Crippen molar-refractivity contribution in [2.24, 2.45) is 5.11 Å². The van der Waals surface area contributed by atoms with Gasteiger partial charge in [-0.2, -0.15) is 0 Å². The molecule has 1 aromatic carbocycles. The Morgan fingerprint density at radius 2 is 2.38 bits per heavy atom. The number of nitro groups is 1. The van der Waals surface area contributed by atoms with Gasteiger partial charge in [0.2, 0.25) is 0 Å². The van der Waals surface area contributed by atoms with Crippen LogP contribution in [0.4, 0.5) is 11.4 Å². The average molecular weight is 219 g/mol. The molecule has 1 rings (SSSR count). The van der Waals surface area contributed by atoms with Gasteiger partial charge >= 0.3 is 0 Å². The summed E-state index contributed by atoms with van der Waals surface area (Å²) < 4.78 is 0. The van der Waals surface area contributed by atoms with E-state index in [1.54, 1.807) is 12.2 Å². The number of nitro benzene ring substituents is 1. The Kier molecular flexibility index (Phi) is 3.88. The molecule has 7 heteroatoms. The van der Waals surface area contributed by atoms with Crippen molar-refractivity contribution >= 4 is 17.5 Å². The molecule has 0 bridgehead atoms. The van der Waals surface area contributed by atoms with Crippen molar-refractivity contribution in [3.63, 3.8) is 0 Å². The Balaban J connectivity index is 2.94. The second kappa shape index (κ2) is 5.38. The first-order chi connectivity index (χ1) is 7.65. The predicted octanol–water partition coefficient (Wildman–Crippen LogP) is 2.50. The van der Waals surface area contributed by atoms with E-state index in [0.717, 1.165) is 0 Å². The van der Waals surface area contributed by atoms with Crippen LogP contribution in [0.25, 0.3) is 16.5 Å². The second-order valence-corrected chi connectivity index (χ2v) is 2.89. The Labute approximate surface area is 91.0 Å². The molecule has 7 nitrogen and oxygen atoms in total. The zero-order valence-electron chi connectivity index (χ0n) is 8.28. The molecule has 1 aromatic rings. The zero-order chi connectivity index (χ0) is 12.0. The van der Waals surface area contributed by atoms with Crippen molar-refractivity contribution in [3.05, 3.63) is 50.4 Å². The van der Waals surface area contributed by atoms with Crippen molar-refractivity contribution in [1.29, 1.82) is 0 Å². The highest BCUT2D eigenvalue weighted by atomic mass is 16.6. The van der Waals surface area contributed by atoms with Gasteiger partial charge in [-0.25, -0.2) is 0 Å². The Hall–Kier alpha value is -2.53. The topological polar surface area (TPSA) is 118 Å². The van der Waals surface area contributed by atoms with Gasteiger partial charge in [0.1, 0.15) is 0 Å². The van der Waals surface area contributed by atoms with Crippen molar-refractivity contribution in [2.45, 2.75) is 0 Å². The van der Waals surface area contributed by atoms with Crippen LogP contribution in [0.5, 0.6) is 0 Å². The maximum absolute atomic E-state index is 10.5. The van der Waals surface area contributed by atoms with Crippen molar-refractivity contribution in [3.8, 4) is 0 Å². The fraction of sp³-hybridized carbons (Fsp3) is 0.111. The molecular formula is C9H9N5O2. The molecule has 0 saturated carbocycles. The van der Waals surface area contributed by atoms with E-state index in [2.05, 4.69) is 10.0 Å². The first-order valence-corrected chi connectivity index (χ1v) is 4.36. The van der Waals surface area contributed by atoms with E-state index in [1.807, 2.05) is 0 Å². The van der Waals surface area contributed by atoms with E-state index in [4.69, 9.17) is 11.3 Å². The summed E-state index contributed by atoms with van der Waals surface area (Å²) in [6, 6.07) is 4.16. The van der Waals surface area contributed by atoms with E-state index < -0.39 is 4.92 Å². The first kappa shape index (κ1) is 11.5. The monoisotopic (exact) mass is 219 g/mol. The zero-order valence-corrected chi connectivity index (χ0v) is 8.28. The summed E-state index contributed by atoms with van der Waals surface area (Å²) in [7, 11) is 0. The summed E-state index contributed by atoms with van der Waals surface area (Å²) in [5.41, 5.74) is 14.6. The number of rotatable bonds is 4. The van der Waals surface area contributed by atoms with Gasteiger partial charge in [-0.1, -0.05) is 17.3 Å². The van der Waals surface area contributed by atoms with Crippen molar-refractivity contribution in [2.75, 3.05) is 12.3 Å². The quantitative estimate of drug-likeness (QED) is 0.209. The van der Waals surface area contributed by atoms with Crippen LogP contribution < -0.4 is 5.73 Å². The summed E-state index contributed by atoms with van der Waals surface area (Å²) in [4.78, 5) is 12.6. The summed E-state index contributed by atoms with van der Waals surface area (Å²) in [6.07, 6.45) is 3.16. The average Bonchev–Trinajstić information content (AvgIpc) is 2.26. The van der Waals surface area contributed by atoms with E-state index in [0.29, 0.717) is 11.3 Å². The van der Waals surface area contributed by atoms with Crippen LogP contribution in [0, 0.1) is 10.1 Å². The summed E-state index contributed by atoms with van der Waals surface area (Å²) in [5, 5.41) is 13.8. The minimum absolute atomic E-state index is 0.0300. The van der Waals surface area contributed by atoms with Crippen LogP contribution in [0.2, 0.25) is 0 Å². The van der Waals surface area contributed by atoms with E-state index in [-0.39, 0.29) is 12.2 Å². The van der Waals surface area contributed by atoms with E-state index in [9.17, 15) is 10.1 Å². The number of benzene rings is 1. The lowest BCUT2D eigenvalue weighted by Crippen LogP contribution is -1.93. The van der Waals surface area contributed by atoms with Crippen LogP contribution in [0.3, 0.4) is 0 Å². The normalized spacial score (nSPS) is 10.0. The fourth-order valence-corrected chi connectivity index (χ4v) is 1.08. The minimum atomic E-state index is -0.496. The molecule has 2 N–H and O–H groups in total. The Morgan fingerprint density at radius 3 is 3.00 bits per heavy atom. The minimum Gasteiger partial charge on any atom is -0.398 e. The van der Waals surface area contributed by atoms with Crippen LogP contribution in [0.15, 0.2) is 29.4 Å². The molecule has 0 saturated heterocycles. The number of nitrogens with zero attached hydrogens (tertiary/aromatic N) is 4. The molecule has 0 aliphatic carbocycles. The summed E-state index contributed by atoms with van der Waals surface area (Å²) in [6.45, 7) is 0.179. The SMILES string of the molecule is [N-]=[N+]=NCC=Cc1cc([N+](=O)[O-])ccc1N. The fourth-order valence-electron chi connectivity index (χ4n) is 1.08. The molecule has 0 amide bonds. The molecule has 0 unspecified atom stereocenters. The van der Waals surface area contributed by atoms with Crippen LogP contribution in [0.1, 0.15) is 5.56 Å². The number of nitrogen functional groups attached to an aromatic ring is 1. The Bertz CT molecular complexity index is 477. The highest BCUT2D eigenvalue weighted by Crippen LogP contribution is 2.20. The number of nitrogens with two attached hydrogens (primary N) is 1. The second-order valence-electron chi connectivity index (χ2n) is 2.89. The molecule has 0 atom stereocenters. The summed E-state index contributed by atoms with van der Waals surface area (Å²) >= 11 is 0. The lowest BCUT2D eigenvalue weighted by atomic mass is 10.1. The lowest BCUT2D eigenvalue weighted by molar-refractivity contribution is -0.384. The smallest absolute Gasteiger partial charge is 0.270 e. The standard InChI is InChI=1S/C9H9N5O2/c10-9-4-3-8(14(15)16)6-7(9)2-1-5-12-13-11/h1-4,6H,5,10H2. The van der Waals surface area contributed by atoms with Gasteiger partial charge in [0.15, 0.2) is 0 Å². The highest BCUT2D eigenvalue weighted by molar-refractivity contribution is 5.67. The molecule has 0 heterocycles. The van der Waals surface area contributed by atoms with Gasteiger partial charge in [0.05, 0.1) is 4.92 Å². The molecule has 0 spiro atoms. The van der Waals surface area contributed by atoms with Crippen LogP contribution >= 0.6 is 0 Å². The predicted molar refractivity (Wildman–Crippen MR) is 60.6 cm³/mol. The number of hydrogen-bond acceptors (Lipinski definition) is 4. The highest BCUT2D eigenvalue weighted by Gasteiger charge is 2.06. The van der Waals surface area contributed by atoms with Crippen molar-refractivity contribution in [1.82, 2.24) is 0 Å². The van der Waals surface area contributed by atoms with Gasteiger partial charge < -0.3 is 5.73 Å². The summed E-state index contributed by atoms with van der Waals surface area (Å²) in [5.74, 6) is 0. The Morgan fingerprint density at radius 1 is 1.62 bits per heavy atom. The lowest BCUT2D eigenvalue weighted by Gasteiger charge is -1.99. The van der Waals surface area contributed by atoms with Gasteiger partial charge in [-0.05, 0) is 11.6 Å². The third-order valence-electron chi connectivity index (χ3n) is 1.83. The van der Waals surface area contributed by atoms with E-state index >= 15 is 0 Å². The third kappa shape index (κ3) is 3.00. The van der Waals surface area contributed by atoms with Gasteiger partial charge in [0.25, 0.3) is 5.69 Å². The molecular weight excluding hydrogens is 210 g/mol. The first-order valence-electron chi connectivity index (χ1n) is 4.36. The molecule has 16 heavy (non-hydrogen) atoms. The third-order valence-corrected chi connectivity index (χ3v) is 1.83. The number of anilines is 1. The van der Waals surface area contributed by atoms with Gasteiger partial charge in [-0.3, -0.25) is 10.1 Å². The number of non-ortho nitro benzene ring substituents is 1. The maximum Gasteiger partial charge on any atom is 0.270 e. The molecule has 0 aromatic heterocycles. The van der Waals surface area contributed by atoms with E-state index in [1.165, 1.54) is 18.2 Å².